The molecule has 0 N–H and O–H groups in total. The predicted octanol–water partition coefficient (Wildman–Crippen LogP) is 19.0. The van der Waals surface area contributed by atoms with Gasteiger partial charge in [0.15, 0.2) is 50.2 Å². The molecule has 12 aliphatic carbocycles. The van der Waals surface area contributed by atoms with Gasteiger partial charge < -0.3 is 32.6 Å². The van der Waals surface area contributed by atoms with Crippen LogP contribution in [0.3, 0.4) is 0 Å². The first-order chi connectivity index (χ1) is 56.8. The molecule has 0 spiro atoms. The Labute approximate surface area is 706 Å². The zero-order valence-corrected chi connectivity index (χ0v) is 71.3. The molecule has 20 rings (SSSR count). The Hall–Kier alpha value is -9.40. The number of fused-ring (bicyclic) bond motifs is 4. The number of benzene rings is 8. The van der Waals surface area contributed by atoms with Crippen LogP contribution in [-0.2, 0) is 79.3 Å². The summed E-state index contributed by atoms with van der Waals surface area (Å²) in [6.45, 7) is 18.3. The number of carbonyl (C=O) groups excluding carboxylic acids is 4. The van der Waals surface area contributed by atoms with Crippen LogP contribution in [0.5, 0.6) is 0 Å². The molecule has 0 fully saturated rings. The van der Waals surface area contributed by atoms with Gasteiger partial charge in [0.2, 0.25) is 0 Å². The lowest BCUT2D eigenvalue weighted by atomic mass is 9.49. The number of hydrogen-bond donors (Lipinski definition) is 0. The summed E-state index contributed by atoms with van der Waals surface area (Å²) in [7, 11) is -18.6. The summed E-state index contributed by atoms with van der Waals surface area (Å²) in [6, 6.07) is 58.3. The third kappa shape index (κ3) is 16.7. The highest BCUT2D eigenvalue weighted by atomic mass is 32.2. The van der Waals surface area contributed by atoms with Gasteiger partial charge in [0.25, 0.3) is 12.0 Å². The molecule has 17 nitrogen and oxygen atoms in total. The molecule has 0 heterocycles. The molecule has 658 valence electrons. The minimum atomic E-state index is -6.77. The van der Waals surface area contributed by atoms with E-state index in [-0.39, 0.29) is 52.3 Å². The second-order valence-electron chi connectivity index (χ2n) is 36.8. The SMILES string of the molecule is CC(C)(C)c1ccc2c(c1)C1CC(C(=O)OCC(F)(F)S(=O)(=O)[O-])C2c2cc(C(C)(C)C)ccc21.CC(F)(F)COC(=O)C1C2c3ccccc3C(c3ccccc32)C1C(C)(C)C.CC1(C(=O)OC(C(F)(F)F)C(F)(F)S(=O)(=O)[O-])CC2c3ccccc3C1c1ccccc12.CC1(C(=O)OCC(F)(F)S(=O)(=O)[O-])CC2c3ccccc3C1c1ccccc12. The largest absolute Gasteiger partial charge is 0.743 e. The van der Waals surface area contributed by atoms with Crippen molar-refractivity contribution in [1.29, 1.82) is 0 Å². The first kappa shape index (κ1) is 91.3. The Balaban J connectivity index is 0.000000142. The van der Waals surface area contributed by atoms with Gasteiger partial charge in [-0.1, -0.05) is 244 Å². The van der Waals surface area contributed by atoms with E-state index in [9.17, 15) is 106 Å². The van der Waals surface area contributed by atoms with Gasteiger partial charge in [0, 0.05) is 54.3 Å². The molecule has 8 atom stereocenters. The predicted molar refractivity (Wildman–Crippen MR) is 427 cm³/mol. The summed E-state index contributed by atoms with van der Waals surface area (Å²) in [5.41, 5.74) is 14.9. The van der Waals surface area contributed by atoms with Crippen LogP contribution in [-0.4, -0.2) is 117 Å². The third-order valence-electron chi connectivity index (χ3n) is 25.5. The molecule has 8 bridgehead atoms. The molecule has 0 radical (unpaired) electrons. The average molecular weight is 1770 g/mol. The molecule has 0 amide bonds. The normalized spacial score (nSPS) is 24.6. The fourth-order valence-corrected chi connectivity index (χ4v) is 20.8. The Morgan fingerprint density at radius 1 is 0.390 bits per heavy atom. The van der Waals surface area contributed by atoms with Crippen LogP contribution in [0.4, 0.5) is 48.3 Å². The van der Waals surface area contributed by atoms with Gasteiger partial charge in [-0.2, -0.15) is 39.5 Å². The van der Waals surface area contributed by atoms with Crippen LogP contribution >= 0.6 is 0 Å². The minimum absolute atomic E-state index is 0.0275. The number of alkyl halides is 11. The zero-order valence-electron chi connectivity index (χ0n) is 68.8. The summed E-state index contributed by atoms with van der Waals surface area (Å²) in [6.07, 6.45) is -9.74. The third-order valence-corrected chi connectivity index (χ3v) is 28.1. The Kier molecular flexibility index (Phi) is 23.5. The first-order valence-corrected chi connectivity index (χ1v) is 44.0. The van der Waals surface area contributed by atoms with Crippen LogP contribution in [0.15, 0.2) is 182 Å². The molecule has 31 heteroatoms. The maximum absolute atomic E-state index is 13.9. The number of hydrogen-bond acceptors (Lipinski definition) is 17. The maximum Gasteiger partial charge on any atom is 0.432 e. The van der Waals surface area contributed by atoms with E-state index in [0.717, 1.165) is 84.8 Å². The second kappa shape index (κ2) is 31.6. The summed E-state index contributed by atoms with van der Waals surface area (Å²) < 4.78 is 265. The van der Waals surface area contributed by atoms with Crippen LogP contribution in [0.1, 0.15) is 250 Å². The van der Waals surface area contributed by atoms with E-state index in [1.54, 1.807) is 43.3 Å². The zero-order chi connectivity index (χ0) is 90.4. The topological polar surface area (TPSA) is 277 Å². The lowest BCUT2D eigenvalue weighted by Crippen LogP contribution is -2.55. The molecule has 0 saturated carbocycles. The molecule has 0 saturated heterocycles. The molecular weight excluding hydrogens is 1680 g/mol. The highest BCUT2D eigenvalue weighted by molar-refractivity contribution is 7.87. The fourth-order valence-electron chi connectivity index (χ4n) is 19.9. The molecule has 123 heavy (non-hydrogen) atoms. The summed E-state index contributed by atoms with van der Waals surface area (Å²) >= 11 is 0. The van der Waals surface area contributed by atoms with Gasteiger partial charge >= 0.3 is 45.8 Å². The molecule has 12 aliphatic rings. The van der Waals surface area contributed by atoms with E-state index in [1.807, 2.05) is 97.1 Å². The van der Waals surface area contributed by atoms with Crippen molar-refractivity contribution >= 4 is 54.2 Å². The van der Waals surface area contributed by atoms with Gasteiger partial charge in [0.1, 0.15) is 0 Å². The number of halogens is 11. The monoisotopic (exact) mass is 1770 g/mol. The lowest BCUT2D eigenvalue weighted by Gasteiger charge is -2.54. The van der Waals surface area contributed by atoms with Crippen LogP contribution in [0.2, 0.25) is 0 Å². The summed E-state index contributed by atoms with van der Waals surface area (Å²) in [5, 5.41) is -15.2. The molecule has 0 aromatic heterocycles. The van der Waals surface area contributed by atoms with Crippen LogP contribution in [0.25, 0.3) is 0 Å². The van der Waals surface area contributed by atoms with Crippen molar-refractivity contribution in [3.8, 4) is 0 Å². The Morgan fingerprint density at radius 3 is 1.09 bits per heavy atom. The van der Waals surface area contributed by atoms with E-state index < -0.39 is 154 Å². The molecule has 8 aromatic carbocycles. The van der Waals surface area contributed by atoms with E-state index in [2.05, 4.69) is 116 Å². The second-order valence-corrected chi connectivity index (χ2v) is 41.3. The van der Waals surface area contributed by atoms with E-state index in [1.165, 1.54) is 18.1 Å². The van der Waals surface area contributed by atoms with Gasteiger partial charge in [-0.05, 0) is 155 Å². The van der Waals surface area contributed by atoms with Crippen molar-refractivity contribution in [3.63, 3.8) is 0 Å². The van der Waals surface area contributed by atoms with E-state index in [0.29, 0.717) is 24.0 Å². The van der Waals surface area contributed by atoms with Gasteiger partial charge in [-0.15, -0.1) is 0 Å². The Morgan fingerprint density at radius 2 is 0.724 bits per heavy atom. The standard InChI is InChI=1S/C27H32F2O5S.C24H26F2O2.C21H17F5O5S.C20H18F2O5S/c1-25(2,3)15-8-10-18-19(11-15)20-13-22(24(30)34-14-27(28,29)35(31,32)33)23(18)21-12-16(26(4,5)6)7-9-17(20)21;1-23(2,3)21-19-16-11-7-5-9-14(16)18(15-10-6-8-12-17(15)19)20(21)22(27)28-13-24(4,25)26;1-19(18(27)31-17(20(22,23)24)21(25,26)32(28,29)30)10-15-11-6-2-4-8-13(11)16(19)14-9-5-3-7-12(14)15;1-19(18(23)27-11-20(21,22)28(24,25)26)10-16-12-6-2-4-8-14(12)17(19)15-9-5-3-7-13(15)16/h7-12,20,22-23H,13-14H2,1-6H3,(H,31,32,33);5-12,18-21H,13H2,1-4H3;2-9,15-17H,10H2,1H3,(H,28,29,30);2-9,16-17H,10-11H2,1H3,(H,24,25,26)/p-3. The van der Waals surface area contributed by atoms with Crippen molar-refractivity contribution < 1.29 is 125 Å². The highest BCUT2D eigenvalue weighted by Gasteiger charge is 2.66. The van der Waals surface area contributed by atoms with Crippen molar-refractivity contribution in [2.45, 2.75) is 194 Å². The molecule has 8 unspecified atom stereocenters. The maximum atomic E-state index is 13.9. The quantitative estimate of drug-likeness (QED) is 0.0399. The molecule has 0 aliphatic heterocycles. The molecular formula is C92H90F11O17S3-3. The van der Waals surface area contributed by atoms with Crippen molar-refractivity contribution in [1.82, 2.24) is 0 Å². The number of ether oxygens (including phenoxy) is 4. The lowest BCUT2D eigenvalue weighted by molar-refractivity contribution is -0.263. The number of rotatable bonds is 15. The van der Waals surface area contributed by atoms with E-state index >= 15 is 0 Å². The average Bonchev–Trinajstić information content (AvgIpc) is 0.710. The van der Waals surface area contributed by atoms with Crippen LogP contribution < -0.4 is 0 Å². The first-order valence-electron chi connectivity index (χ1n) is 39.7. The van der Waals surface area contributed by atoms with Crippen molar-refractivity contribution in [2.24, 2.45) is 34.0 Å². The van der Waals surface area contributed by atoms with Gasteiger partial charge in [-0.3, -0.25) is 19.2 Å². The smallest absolute Gasteiger partial charge is 0.432 e. The van der Waals surface area contributed by atoms with E-state index in [4.69, 9.17) is 14.2 Å². The van der Waals surface area contributed by atoms with Crippen LogP contribution in [0, 0.1) is 34.0 Å². The minimum Gasteiger partial charge on any atom is -0.743 e. The van der Waals surface area contributed by atoms with Crippen molar-refractivity contribution in [3.05, 3.63) is 282 Å². The fraction of sp³-hybridized carbons (Fsp3) is 0.435. The molecule has 8 aromatic rings. The summed E-state index contributed by atoms with van der Waals surface area (Å²) in [4.78, 5) is 52.1. The number of carbonyl (C=O) groups is 4. The summed E-state index contributed by atoms with van der Waals surface area (Å²) in [5.74, 6) is -10.7. The highest BCUT2D eigenvalue weighted by Crippen LogP contribution is 2.66. The van der Waals surface area contributed by atoms with Gasteiger partial charge in [-0.25, -0.2) is 34.0 Å². The number of esters is 4. The Bertz CT molecular complexity index is 5730. The van der Waals surface area contributed by atoms with Gasteiger partial charge in [0.05, 0.1) is 22.7 Å². The van der Waals surface area contributed by atoms with Crippen molar-refractivity contribution in [2.75, 3.05) is 19.8 Å².